The normalized spacial score (nSPS) is 14.2. The SMILES string of the molecule is CCCCCCCCCCCCCCCCC/C=C/C(O)C(COP(=O)(O)OCCN)NC(=O)CCCCCCCCCCCCCCCCC. The highest BCUT2D eigenvalue weighted by Crippen LogP contribution is 2.43. The predicted octanol–water partition coefficient (Wildman–Crippen LogP) is 12.0. The molecule has 3 unspecified atom stereocenters. The molecule has 304 valence electrons. The van der Waals surface area contributed by atoms with Gasteiger partial charge < -0.3 is 21.1 Å². The fourth-order valence-corrected chi connectivity index (χ4v) is 7.30. The van der Waals surface area contributed by atoms with Gasteiger partial charge in [-0.2, -0.15) is 0 Å². The topological polar surface area (TPSA) is 131 Å². The van der Waals surface area contributed by atoms with Crippen LogP contribution < -0.4 is 11.1 Å². The molecule has 5 N–H and O–H groups in total. The Morgan fingerprint density at radius 1 is 0.627 bits per heavy atom. The fraction of sp³-hybridized carbons (Fsp3) is 0.929. The average Bonchev–Trinajstić information content (AvgIpc) is 3.12. The summed E-state index contributed by atoms with van der Waals surface area (Å²) in [7, 11) is -4.33. The molecule has 0 aromatic rings. The van der Waals surface area contributed by atoms with Gasteiger partial charge in [-0.1, -0.05) is 206 Å². The molecule has 0 bridgehead atoms. The molecule has 0 aromatic heterocycles. The smallest absolute Gasteiger partial charge is 0.387 e. The first-order chi connectivity index (χ1) is 24.9. The van der Waals surface area contributed by atoms with E-state index in [-0.39, 0.29) is 25.7 Å². The van der Waals surface area contributed by atoms with Gasteiger partial charge in [0.2, 0.25) is 5.91 Å². The first-order valence-electron chi connectivity index (χ1n) is 21.8. The minimum Gasteiger partial charge on any atom is -0.387 e. The van der Waals surface area contributed by atoms with E-state index < -0.39 is 20.0 Å². The Morgan fingerprint density at radius 2 is 1.00 bits per heavy atom. The van der Waals surface area contributed by atoms with Crippen molar-refractivity contribution >= 4 is 13.7 Å². The largest absolute Gasteiger partial charge is 0.472 e. The molecule has 51 heavy (non-hydrogen) atoms. The lowest BCUT2D eigenvalue weighted by atomic mass is 10.0. The Hall–Kier alpha value is -0.760. The molecule has 0 saturated heterocycles. The maximum Gasteiger partial charge on any atom is 0.472 e. The Kier molecular flexibility index (Phi) is 38.4. The monoisotopic (exact) mass is 745 g/mol. The number of nitrogens with two attached hydrogens (primary N) is 1. The van der Waals surface area contributed by atoms with E-state index in [4.69, 9.17) is 14.8 Å². The number of carbonyl (C=O) groups is 1. The van der Waals surface area contributed by atoms with Crippen molar-refractivity contribution in [2.45, 2.75) is 231 Å². The van der Waals surface area contributed by atoms with E-state index in [9.17, 15) is 19.4 Å². The lowest BCUT2D eigenvalue weighted by Crippen LogP contribution is -2.45. The highest BCUT2D eigenvalue weighted by molar-refractivity contribution is 7.47. The molecular weight excluding hydrogens is 659 g/mol. The molecule has 0 aliphatic heterocycles. The van der Waals surface area contributed by atoms with Crippen molar-refractivity contribution in [2.24, 2.45) is 5.73 Å². The summed E-state index contributed by atoms with van der Waals surface area (Å²) in [5, 5.41) is 13.7. The third kappa shape index (κ3) is 37.4. The summed E-state index contributed by atoms with van der Waals surface area (Å²) in [4.78, 5) is 22.7. The standard InChI is InChI=1S/C42H85N2O6P/c1-3-5-7-9-11-13-15-17-19-20-22-23-25-27-29-31-33-35-41(45)40(39-50-51(47,48)49-38-37-43)44-42(46)36-34-32-30-28-26-24-21-18-16-14-12-10-8-6-4-2/h33,35,40-41,45H,3-32,34,36-39,43H2,1-2H3,(H,44,46)(H,47,48)/b35-33+. The van der Waals surface area contributed by atoms with Crippen molar-refractivity contribution < 1.29 is 28.4 Å². The molecule has 0 aliphatic carbocycles. The second-order valence-corrected chi connectivity index (χ2v) is 16.4. The van der Waals surface area contributed by atoms with Gasteiger partial charge in [0, 0.05) is 13.0 Å². The summed E-state index contributed by atoms with van der Waals surface area (Å²) in [5.41, 5.74) is 5.37. The summed E-state index contributed by atoms with van der Waals surface area (Å²) in [6, 6.07) is -0.854. The molecule has 0 rings (SSSR count). The minimum atomic E-state index is -4.33. The van der Waals surface area contributed by atoms with Crippen molar-refractivity contribution in [3.05, 3.63) is 12.2 Å². The summed E-state index contributed by atoms with van der Waals surface area (Å²) >= 11 is 0. The molecule has 0 spiro atoms. The van der Waals surface area contributed by atoms with Gasteiger partial charge in [-0.25, -0.2) is 4.57 Å². The van der Waals surface area contributed by atoms with Crippen LogP contribution in [0.2, 0.25) is 0 Å². The highest BCUT2D eigenvalue weighted by Gasteiger charge is 2.26. The van der Waals surface area contributed by atoms with Crippen LogP contribution in [0.15, 0.2) is 12.2 Å². The number of amides is 1. The molecule has 3 atom stereocenters. The summed E-state index contributed by atoms with van der Waals surface area (Å²) in [5.74, 6) is -0.191. The number of allylic oxidation sites excluding steroid dienone is 1. The molecule has 0 aromatic carbocycles. The Bertz CT molecular complexity index is 814. The lowest BCUT2D eigenvalue weighted by molar-refractivity contribution is -0.123. The second-order valence-electron chi connectivity index (χ2n) is 14.9. The van der Waals surface area contributed by atoms with Crippen LogP contribution in [0, 0.1) is 0 Å². The van der Waals surface area contributed by atoms with Gasteiger partial charge in [0.1, 0.15) is 0 Å². The quantitative estimate of drug-likeness (QED) is 0.0278. The zero-order valence-corrected chi connectivity index (χ0v) is 34.5. The molecule has 9 heteroatoms. The van der Waals surface area contributed by atoms with Crippen LogP contribution in [-0.4, -0.2) is 47.8 Å². The van der Waals surface area contributed by atoms with Crippen LogP contribution in [0.25, 0.3) is 0 Å². The van der Waals surface area contributed by atoms with E-state index >= 15 is 0 Å². The van der Waals surface area contributed by atoms with Crippen molar-refractivity contribution in [3.63, 3.8) is 0 Å². The van der Waals surface area contributed by atoms with Crippen molar-refractivity contribution in [1.82, 2.24) is 5.32 Å². The molecule has 0 aliphatic rings. The number of rotatable bonds is 41. The fourth-order valence-electron chi connectivity index (χ4n) is 6.54. The first kappa shape index (κ1) is 50.2. The van der Waals surface area contributed by atoms with Gasteiger partial charge in [0.25, 0.3) is 0 Å². The third-order valence-corrected chi connectivity index (χ3v) is 10.8. The van der Waals surface area contributed by atoms with Crippen LogP contribution in [-0.2, 0) is 18.4 Å². The van der Waals surface area contributed by atoms with Gasteiger partial charge in [-0.05, 0) is 19.3 Å². The number of unbranched alkanes of at least 4 members (excludes halogenated alkanes) is 29. The maximum atomic E-state index is 12.7. The minimum absolute atomic E-state index is 0.0813. The van der Waals surface area contributed by atoms with Gasteiger partial charge >= 0.3 is 7.82 Å². The van der Waals surface area contributed by atoms with Crippen LogP contribution in [0.3, 0.4) is 0 Å². The van der Waals surface area contributed by atoms with Crippen LogP contribution in [0.5, 0.6) is 0 Å². The molecule has 0 heterocycles. The lowest BCUT2D eigenvalue weighted by Gasteiger charge is -2.23. The Morgan fingerprint density at radius 3 is 1.39 bits per heavy atom. The first-order valence-corrected chi connectivity index (χ1v) is 23.3. The Balaban J connectivity index is 4.20. The number of phosphoric ester groups is 1. The van der Waals surface area contributed by atoms with Gasteiger partial charge in [-0.3, -0.25) is 13.8 Å². The number of hydrogen-bond acceptors (Lipinski definition) is 6. The van der Waals surface area contributed by atoms with E-state index in [1.165, 1.54) is 161 Å². The van der Waals surface area contributed by atoms with E-state index in [0.29, 0.717) is 6.42 Å². The number of hydrogen-bond donors (Lipinski definition) is 4. The van der Waals surface area contributed by atoms with E-state index in [0.717, 1.165) is 38.5 Å². The number of aliphatic hydroxyl groups excluding tert-OH is 1. The molecule has 0 fully saturated rings. The van der Waals surface area contributed by atoms with Gasteiger partial charge in [-0.15, -0.1) is 0 Å². The van der Waals surface area contributed by atoms with E-state index in [2.05, 4.69) is 19.2 Å². The van der Waals surface area contributed by atoms with Gasteiger partial charge in [0.15, 0.2) is 0 Å². The average molecular weight is 745 g/mol. The maximum absolute atomic E-state index is 12.7. The number of phosphoric acid groups is 1. The zero-order chi connectivity index (χ0) is 37.5. The summed E-state index contributed by atoms with van der Waals surface area (Å²) in [6.45, 7) is 4.16. The van der Waals surface area contributed by atoms with Crippen LogP contribution in [0.4, 0.5) is 0 Å². The molecular formula is C42H85N2O6P. The molecule has 1 amide bonds. The second kappa shape index (κ2) is 38.9. The number of nitrogens with one attached hydrogen (secondary N) is 1. The highest BCUT2D eigenvalue weighted by atomic mass is 31.2. The summed E-state index contributed by atoms with van der Waals surface area (Å²) in [6.07, 6.45) is 42.5. The van der Waals surface area contributed by atoms with E-state index in [1.807, 2.05) is 6.08 Å². The predicted molar refractivity (Wildman–Crippen MR) is 217 cm³/mol. The van der Waals surface area contributed by atoms with Gasteiger partial charge in [0.05, 0.1) is 25.4 Å². The van der Waals surface area contributed by atoms with Crippen LogP contribution >= 0.6 is 7.82 Å². The Labute approximate surface area is 315 Å². The number of carbonyl (C=O) groups excluding carboxylic acids is 1. The van der Waals surface area contributed by atoms with E-state index in [1.54, 1.807) is 6.08 Å². The third-order valence-electron chi connectivity index (χ3n) is 9.86. The zero-order valence-electron chi connectivity index (χ0n) is 33.6. The summed E-state index contributed by atoms with van der Waals surface area (Å²) < 4.78 is 22.1. The van der Waals surface area contributed by atoms with Crippen molar-refractivity contribution in [1.29, 1.82) is 0 Å². The molecule has 0 radical (unpaired) electrons. The number of aliphatic hydroxyl groups is 1. The van der Waals surface area contributed by atoms with Crippen molar-refractivity contribution in [2.75, 3.05) is 19.8 Å². The molecule has 0 saturated carbocycles. The molecule has 8 nitrogen and oxygen atoms in total. The van der Waals surface area contributed by atoms with Crippen molar-refractivity contribution in [3.8, 4) is 0 Å². The van der Waals surface area contributed by atoms with Crippen LogP contribution in [0.1, 0.15) is 219 Å².